The second-order valence-corrected chi connectivity index (χ2v) is 6.93. The minimum atomic E-state index is 0.159. The normalized spacial score (nSPS) is 11.3. The molecule has 0 aliphatic heterocycles. The molecular formula is C18H21BrO2. The molecule has 0 aliphatic rings. The number of ether oxygens (including phenoxy) is 2. The van der Waals surface area contributed by atoms with E-state index in [2.05, 4.69) is 48.8 Å². The van der Waals surface area contributed by atoms with Crippen LogP contribution < -0.4 is 9.47 Å². The number of rotatable bonds is 4. The summed E-state index contributed by atoms with van der Waals surface area (Å²) in [7, 11) is 1.67. The average molecular weight is 349 g/mol. The lowest BCUT2D eigenvalue weighted by Gasteiger charge is -2.19. The first kappa shape index (κ1) is 15.9. The van der Waals surface area contributed by atoms with Crippen molar-refractivity contribution in [3.63, 3.8) is 0 Å². The van der Waals surface area contributed by atoms with E-state index in [1.165, 1.54) is 5.56 Å². The van der Waals surface area contributed by atoms with E-state index < -0.39 is 0 Å². The van der Waals surface area contributed by atoms with Crippen LogP contribution in [0.5, 0.6) is 11.5 Å². The molecule has 0 heterocycles. The molecule has 0 bridgehead atoms. The molecule has 0 fully saturated rings. The van der Waals surface area contributed by atoms with E-state index in [4.69, 9.17) is 9.47 Å². The maximum absolute atomic E-state index is 5.86. The van der Waals surface area contributed by atoms with Gasteiger partial charge in [0, 0.05) is 10.0 Å². The van der Waals surface area contributed by atoms with Crippen LogP contribution in [0.2, 0.25) is 0 Å². The van der Waals surface area contributed by atoms with Crippen molar-refractivity contribution >= 4 is 15.9 Å². The summed E-state index contributed by atoms with van der Waals surface area (Å²) in [5.41, 5.74) is 2.48. The van der Waals surface area contributed by atoms with Gasteiger partial charge in [0.25, 0.3) is 0 Å². The molecule has 2 rings (SSSR count). The van der Waals surface area contributed by atoms with Crippen LogP contribution in [0.3, 0.4) is 0 Å². The fourth-order valence-corrected chi connectivity index (χ4v) is 2.48. The molecule has 0 aromatic heterocycles. The highest BCUT2D eigenvalue weighted by molar-refractivity contribution is 9.10. The minimum absolute atomic E-state index is 0.159. The third-order valence-corrected chi connectivity index (χ3v) is 3.85. The van der Waals surface area contributed by atoms with Gasteiger partial charge in [-0.05, 0) is 41.3 Å². The summed E-state index contributed by atoms with van der Waals surface area (Å²) in [4.78, 5) is 0. The van der Waals surface area contributed by atoms with Crippen molar-refractivity contribution in [2.45, 2.75) is 32.8 Å². The van der Waals surface area contributed by atoms with Crippen molar-refractivity contribution in [2.24, 2.45) is 0 Å². The molecule has 2 nitrogen and oxygen atoms in total. The maximum atomic E-state index is 5.86. The Hall–Kier alpha value is -1.48. The van der Waals surface area contributed by atoms with Gasteiger partial charge >= 0.3 is 0 Å². The van der Waals surface area contributed by atoms with Gasteiger partial charge in [0.2, 0.25) is 0 Å². The molecule has 0 N–H and O–H groups in total. The van der Waals surface area contributed by atoms with Gasteiger partial charge in [0.1, 0.15) is 18.1 Å². The van der Waals surface area contributed by atoms with Crippen LogP contribution in [0.15, 0.2) is 46.9 Å². The van der Waals surface area contributed by atoms with Gasteiger partial charge in [-0.25, -0.2) is 0 Å². The van der Waals surface area contributed by atoms with Crippen LogP contribution in [0.4, 0.5) is 0 Å². The average Bonchev–Trinajstić information content (AvgIpc) is 2.45. The van der Waals surface area contributed by atoms with E-state index in [1.807, 2.05) is 30.3 Å². The van der Waals surface area contributed by atoms with Crippen molar-refractivity contribution in [3.05, 3.63) is 58.1 Å². The summed E-state index contributed by atoms with van der Waals surface area (Å²) in [5, 5.41) is 0. The largest absolute Gasteiger partial charge is 0.496 e. The summed E-state index contributed by atoms with van der Waals surface area (Å²) in [6.45, 7) is 7.09. The highest BCUT2D eigenvalue weighted by Crippen LogP contribution is 2.27. The summed E-state index contributed by atoms with van der Waals surface area (Å²) < 4.78 is 12.2. The van der Waals surface area contributed by atoms with E-state index in [0.29, 0.717) is 6.61 Å². The topological polar surface area (TPSA) is 18.5 Å². The fraction of sp³-hybridized carbons (Fsp3) is 0.333. The van der Waals surface area contributed by atoms with Gasteiger partial charge in [-0.2, -0.15) is 0 Å². The quantitative estimate of drug-likeness (QED) is 0.742. The molecular weight excluding hydrogens is 328 g/mol. The molecule has 112 valence electrons. The van der Waals surface area contributed by atoms with Gasteiger partial charge in [-0.3, -0.25) is 0 Å². The Morgan fingerprint density at radius 1 is 1.00 bits per heavy atom. The van der Waals surface area contributed by atoms with Crippen molar-refractivity contribution in [1.29, 1.82) is 0 Å². The molecule has 2 aromatic carbocycles. The number of benzene rings is 2. The first-order valence-corrected chi connectivity index (χ1v) is 7.75. The Labute approximate surface area is 135 Å². The number of hydrogen-bond donors (Lipinski definition) is 0. The molecule has 0 spiro atoms. The summed E-state index contributed by atoms with van der Waals surface area (Å²) in [6.07, 6.45) is 0. The second kappa shape index (κ2) is 6.52. The van der Waals surface area contributed by atoms with Crippen LogP contribution >= 0.6 is 15.9 Å². The smallest absolute Gasteiger partial charge is 0.125 e. The molecule has 21 heavy (non-hydrogen) atoms. The van der Waals surface area contributed by atoms with E-state index in [0.717, 1.165) is 21.5 Å². The molecule has 0 saturated heterocycles. The monoisotopic (exact) mass is 348 g/mol. The predicted octanol–water partition coefficient (Wildman–Crippen LogP) is 5.33. The van der Waals surface area contributed by atoms with E-state index in [-0.39, 0.29) is 5.41 Å². The molecule has 0 amide bonds. The Morgan fingerprint density at radius 3 is 2.24 bits per heavy atom. The third-order valence-electron chi connectivity index (χ3n) is 3.36. The predicted molar refractivity (Wildman–Crippen MR) is 90.2 cm³/mol. The Balaban J connectivity index is 2.08. The van der Waals surface area contributed by atoms with Gasteiger partial charge in [0.05, 0.1) is 7.11 Å². The highest BCUT2D eigenvalue weighted by Gasteiger charge is 2.13. The van der Waals surface area contributed by atoms with Crippen LogP contribution in [0, 0.1) is 0 Å². The number of hydrogen-bond acceptors (Lipinski definition) is 2. The summed E-state index contributed by atoms with van der Waals surface area (Å²) in [6, 6.07) is 14.2. The standard InChI is InChI=1S/C18H21BrO2/c1-18(2,3)14-5-8-16(9-6-14)21-12-13-11-15(19)7-10-17(13)20-4/h5-11H,12H2,1-4H3. The lowest BCUT2D eigenvalue weighted by atomic mass is 9.87. The lowest BCUT2D eigenvalue weighted by molar-refractivity contribution is 0.296. The minimum Gasteiger partial charge on any atom is -0.496 e. The van der Waals surface area contributed by atoms with Crippen LogP contribution in [0.1, 0.15) is 31.9 Å². The van der Waals surface area contributed by atoms with Crippen LogP contribution in [-0.2, 0) is 12.0 Å². The van der Waals surface area contributed by atoms with Crippen LogP contribution in [-0.4, -0.2) is 7.11 Å². The van der Waals surface area contributed by atoms with Crippen LogP contribution in [0.25, 0.3) is 0 Å². The van der Waals surface area contributed by atoms with E-state index >= 15 is 0 Å². The molecule has 2 aromatic rings. The zero-order valence-electron chi connectivity index (χ0n) is 12.9. The van der Waals surface area contributed by atoms with Gasteiger partial charge < -0.3 is 9.47 Å². The van der Waals surface area contributed by atoms with E-state index in [9.17, 15) is 0 Å². The number of halogens is 1. The fourth-order valence-electron chi connectivity index (χ4n) is 2.07. The van der Waals surface area contributed by atoms with Crippen molar-refractivity contribution in [3.8, 4) is 11.5 Å². The summed E-state index contributed by atoms with van der Waals surface area (Å²) in [5.74, 6) is 1.70. The molecule has 3 heteroatoms. The zero-order valence-corrected chi connectivity index (χ0v) is 14.5. The van der Waals surface area contributed by atoms with Crippen molar-refractivity contribution in [1.82, 2.24) is 0 Å². The maximum Gasteiger partial charge on any atom is 0.125 e. The Bertz CT molecular complexity index is 598. The van der Waals surface area contributed by atoms with Gasteiger partial charge in [-0.15, -0.1) is 0 Å². The Kier molecular flexibility index (Phi) is 4.94. The van der Waals surface area contributed by atoms with Gasteiger partial charge in [0.15, 0.2) is 0 Å². The van der Waals surface area contributed by atoms with E-state index in [1.54, 1.807) is 7.11 Å². The molecule has 0 atom stereocenters. The summed E-state index contributed by atoms with van der Waals surface area (Å²) >= 11 is 3.47. The molecule has 0 aliphatic carbocycles. The molecule has 0 saturated carbocycles. The zero-order chi connectivity index (χ0) is 15.5. The second-order valence-electron chi connectivity index (χ2n) is 6.02. The molecule has 0 radical (unpaired) electrons. The molecule has 0 unspecified atom stereocenters. The highest BCUT2D eigenvalue weighted by atomic mass is 79.9. The third kappa shape index (κ3) is 4.24. The lowest BCUT2D eigenvalue weighted by Crippen LogP contribution is -2.10. The number of methoxy groups -OCH3 is 1. The SMILES string of the molecule is COc1ccc(Br)cc1COc1ccc(C(C)(C)C)cc1. The van der Waals surface area contributed by atoms with Crippen molar-refractivity contribution < 1.29 is 9.47 Å². The van der Waals surface area contributed by atoms with Gasteiger partial charge in [-0.1, -0.05) is 48.8 Å². The van der Waals surface area contributed by atoms with Crippen molar-refractivity contribution in [2.75, 3.05) is 7.11 Å². The first-order chi connectivity index (χ1) is 9.90. The first-order valence-electron chi connectivity index (χ1n) is 6.96. The Morgan fingerprint density at radius 2 is 1.67 bits per heavy atom.